The van der Waals surface area contributed by atoms with Crippen molar-refractivity contribution in [2.45, 2.75) is 24.7 Å². The Bertz CT molecular complexity index is 143. The molecule has 0 amide bonds. The second-order valence-corrected chi connectivity index (χ2v) is 2.40. The van der Waals surface area contributed by atoms with Gasteiger partial charge in [0.25, 0.3) is 0 Å². The molecule has 0 bridgehead atoms. The molecule has 9 heavy (non-hydrogen) atoms. The molecule has 1 N–H and O–H groups in total. The average molecular weight is 128 g/mol. The van der Waals surface area contributed by atoms with Crippen LogP contribution in [0.15, 0.2) is 12.2 Å². The van der Waals surface area contributed by atoms with E-state index in [1.165, 1.54) is 0 Å². The fourth-order valence-electron chi connectivity index (χ4n) is 1.13. The Labute approximate surface area is 52.8 Å². The Kier molecular flexibility index (Phi) is 1.08. The molecular weight excluding hydrogens is 120 g/mol. The zero-order valence-corrected chi connectivity index (χ0v) is 4.86. The van der Waals surface area contributed by atoms with Gasteiger partial charge in [-0.15, -0.1) is 0 Å². The van der Waals surface area contributed by atoms with E-state index < -0.39 is 0 Å². The number of hydrogen-bond donors (Lipinski definition) is 1. The Morgan fingerprint density at radius 3 is 3.11 bits per heavy atom. The van der Waals surface area contributed by atoms with E-state index in [-0.39, 0.29) is 6.10 Å². The van der Waals surface area contributed by atoms with Crippen LogP contribution in [0.5, 0.6) is 0 Å². The van der Waals surface area contributed by atoms with E-state index in [9.17, 15) is 0 Å². The predicted octanol–water partition coefficient (Wildman–Crippen LogP) is 0.572. The van der Waals surface area contributed by atoms with Crippen LogP contribution in [-0.2, 0) is 9.62 Å². The zero-order chi connectivity index (χ0) is 6.27. The molecule has 0 radical (unpaired) electrons. The van der Waals surface area contributed by atoms with E-state index in [2.05, 4.69) is 4.89 Å². The highest BCUT2D eigenvalue weighted by atomic mass is 17.1. The quantitative estimate of drug-likeness (QED) is 0.243. The molecule has 50 valence electrons. The van der Waals surface area contributed by atoms with Gasteiger partial charge < -0.3 is 4.74 Å². The smallest absolute Gasteiger partial charge is 0.113 e. The maximum absolute atomic E-state index is 8.22. The minimum absolute atomic E-state index is 0.145. The fraction of sp³-hybridized carbons (Fsp3) is 0.667. The fourth-order valence-corrected chi connectivity index (χ4v) is 1.13. The molecule has 3 heteroatoms. The van der Waals surface area contributed by atoms with Crippen LogP contribution in [0.2, 0.25) is 0 Å². The van der Waals surface area contributed by atoms with Crippen molar-refractivity contribution in [3.63, 3.8) is 0 Å². The molecule has 0 saturated carbocycles. The molecule has 1 heterocycles. The summed E-state index contributed by atoms with van der Waals surface area (Å²) in [6.07, 6.45) is 5.03. The lowest BCUT2D eigenvalue weighted by Gasteiger charge is -2.07. The summed E-state index contributed by atoms with van der Waals surface area (Å²) in [6, 6.07) is 0. The van der Waals surface area contributed by atoms with E-state index in [0.29, 0.717) is 12.2 Å². The van der Waals surface area contributed by atoms with Crippen molar-refractivity contribution in [2.75, 3.05) is 0 Å². The molecule has 1 saturated heterocycles. The molecule has 1 fully saturated rings. The van der Waals surface area contributed by atoms with Gasteiger partial charge in [0.1, 0.15) is 12.2 Å². The molecule has 1 aliphatic carbocycles. The SMILES string of the molecule is OOC1C=CC2OC2C1. The summed E-state index contributed by atoms with van der Waals surface area (Å²) in [6.45, 7) is 0. The lowest BCUT2D eigenvalue weighted by Crippen LogP contribution is -2.15. The van der Waals surface area contributed by atoms with Gasteiger partial charge >= 0.3 is 0 Å². The van der Waals surface area contributed by atoms with Crippen LogP contribution in [0.3, 0.4) is 0 Å². The van der Waals surface area contributed by atoms with Crippen LogP contribution < -0.4 is 0 Å². The largest absolute Gasteiger partial charge is 0.365 e. The maximum Gasteiger partial charge on any atom is 0.113 e. The van der Waals surface area contributed by atoms with Gasteiger partial charge in [-0.3, -0.25) is 5.26 Å². The third kappa shape index (κ3) is 0.871. The lowest BCUT2D eigenvalue weighted by molar-refractivity contribution is -0.267. The van der Waals surface area contributed by atoms with Crippen molar-refractivity contribution in [3.8, 4) is 0 Å². The van der Waals surface area contributed by atoms with Crippen LogP contribution in [0.4, 0.5) is 0 Å². The summed E-state index contributed by atoms with van der Waals surface area (Å²) in [4.78, 5) is 4.12. The summed E-state index contributed by atoms with van der Waals surface area (Å²) in [5, 5.41) is 8.22. The number of fused-ring (bicyclic) bond motifs is 1. The maximum atomic E-state index is 8.22. The van der Waals surface area contributed by atoms with Crippen LogP contribution in [-0.4, -0.2) is 23.6 Å². The van der Waals surface area contributed by atoms with Crippen molar-refractivity contribution in [1.29, 1.82) is 0 Å². The molecular formula is C6H8O3. The average Bonchev–Trinajstić information content (AvgIpc) is 2.64. The topological polar surface area (TPSA) is 42.0 Å². The second kappa shape index (κ2) is 1.80. The van der Waals surface area contributed by atoms with Crippen LogP contribution in [0, 0.1) is 0 Å². The highest BCUT2D eigenvalue weighted by molar-refractivity contribution is 5.11. The molecule has 0 aromatic carbocycles. The molecule has 2 aliphatic rings. The monoisotopic (exact) mass is 128 g/mol. The van der Waals surface area contributed by atoms with Crippen molar-refractivity contribution in [3.05, 3.63) is 12.2 Å². The van der Waals surface area contributed by atoms with Crippen molar-refractivity contribution >= 4 is 0 Å². The summed E-state index contributed by atoms with van der Waals surface area (Å²) in [5.74, 6) is 0. The molecule has 3 unspecified atom stereocenters. The Morgan fingerprint density at radius 2 is 2.44 bits per heavy atom. The van der Waals surface area contributed by atoms with E-state index >= 15 is 0 Å². The highest BCUT2D eigenvalue weighted by Gasteiger charge is 2.41. The van der Waals surface area contributed by atoms with Gasteiger partial charge in [-0.2, -0.15) is 0 Å². The van der Waals surface area contributed by atoms with Crippen molar-refractivity contribution in [1.82, 2.24) is 0 Å². The summed E-state index contributed by atoms with van der Waals surface area (Å²) in [5.41, 5.74) is 0. The molecule has 1 aliphatic heterocycles. The van der Waals surface area contributed by atoms with Crippen LogP contribution >= 0.6 is 0 Å². The van der Waals surface area contributed by atoms with Crippen LogP contribution in [0.25, 0.3) is 0 Å². The van der Waals surface area contributed by atoms with Gasteiger partial charge in [-0.25, -0.2) is 4.89 Å². The second-order valence-electron chi connectivity index (χ2n) is 2.40. The van der Waals surface area contributed by atoms with E-state index in [1.54, 1.807) is 0 Å². The summed E-state index contributed by atoms with van der Waals surface area (Å²) in [7, 11) is 0. The normalized spacial score (nSPS) is 46.6. The van der Waals surface area contributed by atoms with Gasteiger partial charge in [0.2, 0.25) is 0 Å². The van der Waals surface area contributed by atoms with Gasteiger partial charge in [-0.05, 0) is 0 Å². The van der Waals surface area contributed by atoms with Gasteiger partial charge in [0.15, 0.2) is 0 Å². The molecule has 0 aromatic rings. The first kappa shape index (κ1) is 5.41. The lowest BCUT2D eigenvalue weighted by atomic mass is 10.1. The molecule has 0 aromatic heterocycles. The van der Waals surface area contributed by atoms with Gasteiger partial charge in [0, 0.05) is 6.42 Å². The first-order chi connectivity index (χ1) is 4.40. The van der Waals surface area contributed by atoms with Crippen LogP contribution in [0.1, 0.15) is 6.42 Å². The number of rotatable bonds is 1. The van der Waals surface area contributed by atoms with Crippen molar-refractivity contribution < 1.29 is 14.9 Å². The minimum atomic E-state index is -0.145. The molecule has 2 rings (SSSR count). The zero-order valence-electron chi connectivity index (χ0n) is 4.86. The molecule has 0 spiro atoms. The third-order valence-corrected chi connectivity index (χ3v) is 1.74. The highest BCUT2D eigenvalue weighted by Crippen LogP contribution is 2.32. The first-order valence-electron chi connectivity index (χ1n) is 3.04. The Balaban J connectivity index is 2.00. The van der Waals surface area contributed by atoms with E-state index in [0.717, 1.165) is 6.42 Å². The minimum Gasteiger partial charge on any atom is -0.365 e. The summed E-state index contributed by atoms with van der Waals surface area (Å²) >= 11 is 0. The summed E-state index contributed by atoms with van der Waals surface area (Å²) < 4.78 is 5.13. The Hall–Kier alpha value is -0.380. The first-order valence-corrected chi connectivity index (χ1v) is 3.04. The number of hydrogen-bond acceptors (Lipinski definition) is 3. The standard InChI is InChI=1S/C6H8O3/c7-9-4-1-2-5-6(3-4)8-5/h1-2,4-7H,3H2. The number of ether oxygens (including phenoxy) is 1. The Morgan fingerprint density at radius 1 is 1.56 bits per heavy atom. The van der Waals surface area contributed by atoms with Gasteiger partial charge in [-0.1, -0.05) is 12.2 Å². The van der Waals surface area contributed by atoms with E-state index in [1.807, 2.05) is 12.2 Å². The van der Waals surface area contributed by atoms with Crippen molar-refractivity contribution in [2.24, 2.45) is 0 Å². The predicted molar refractivity (Wildman–Crippen MR) is 29.9 cm³/mol. The third-order valence-electron chi connectivity index (χ3n) is 1.74. The van der Waals surface area contributed by atoms with Gasteiger partial charge in [0.05, 0.1) is 6.10 Å². The van der Waals surface area contributed by atoms with E-state index in [4.69, 9.17) is 9.99 Å². The molecule has 3 nitrogen and oxygen atoms in total. The number of epoxide rings is 1. The molecule has 3 atom stereocenters.